The molecule has 0 N–H and O–H groups in total. The molecule has 2 nitrogen and oxygen atoms in total. The predicted molar refractivity (Wildman–Crippen MR) is 52.2 cm³/mol. The van der Waals surface area contributed by atoms with E-state index >= 15 is 0 Å². The second kappa shape index (κ2) is 4.53. The molecular weight excluding hydrogens is 192 g/mol. The third-order valence-corrected chi connectivity index (χ3v) is 2.75. The molecule has 0 unspecified atom stereocenters. The Morgan fingerprint density at radius 3 is 2.07 bits per heavy atom. The summed E-state index contributed by atoms with van der Waals surface area (Å²) in [5.74, 6) is 0. The number of piperidine rings is 1. The van der Waals surface area contributed by atoms with Crippen LogP contribution in [-0.2, 0) is 0 Å². The van der Waals surface area contributed by atoms with Crippen molar-refractivity contribution in [1.29, 1.82) is 0 Å². The van der Waals surface area contributed by atoms with E-state index in [2.05, 4.69) is 4.90 Å². The molecule has 0 atom stereocenters. The Balaban J connectivity index is 2.29. The van der Waals surface area contributed by atoms with Gasteiger partial charge in [0.05, 0.1) is 0 Å². The molecule has 1 aliphatic heterocycles. The van der Waals surface area contributed by atoms with Gasteiger partial charge < -0.3 is 22.7 Å². The molecule has 84 valence electrons. The lowest BCUT2D eigenvalue weighted by Gasteiger charge is -2.37. The van der Waals surface area contributed by atoms with Crippen molar-refractivity contribution in [2.45, 2.75) is 18.9 Å². The molecule has 1 saturated heterocycles. The lowest BCUT2D eigenvalue weighted by Crippen LogP contribution is -2.46. The van der Waals surface area contributed by atoms with Crippen molar-refractivity contribution in [2.24, 2.45) is 0 Å². The van der Waals surface area contributed by atoms with Crippen molar-refractivity contribution in [3.8, 4) is 0 Å². The Morgan fingerprint density at radius 2 is 1.71 bits per heavy atom. The van der Waals surface area contributed by atoms with Gasteiger partial charge in [-0.3, -0.25) is 0 Å². The minimum absolute atomic E-state index is 0.451. The molecule has 1 aliphatic rings. The van der Waals surface area contributed by atoms with Gasteiger partial charge in [0, 0.05) is 6.04 Å². The average Bonchev–Trinajstić information content (AvgIpc) is 2.02. The molecule has 0 radical (unpaired) electrons. The topological polar surface area (TPSA) is 6.48 Å². The first-order valence-corrected chi connectivity index (χ1v) is 4.98. The van der Waals surface area contributed by atoms with Gasteiger partial charge in [0.15, 0.2) is 0 Å². The van der Waals surface area contributed by atoms with E-state index in [1.165, 1.54) is 4.90 Å². The van der Waals surface area contributed by atoms with Crippen LogP contribution in [0.4, 0.5) is 12.9 Å². The number of rotatable bonds is 3. The monoisotopic (exact) mass is 209 g/mol. The van der Waals surface area contributed by atoms with Crippen LogP contribution in [-0.4, -0.2) is 56.4 Å². The summed E-state index contributed by atoms with van der Waals surface area (Å²) in [7, 11) is 3.96. The molecule has 0 spiro atoms. The van der Waals surface area contributed by atoms with Gasteiger partial charge >= 0.3 is 6.98 Å². The van der Waals surface area contributed by atoms with Crippen molar-refractivity contribution in [3.63, 3.8) is 0 Å². The highest BCUT2D eigenvalue weighted by molar-refractivity contribution is 6.58. The number of hydrogen-bond acceptors (Lipinski definition) is 2. The number of halogens is 3. The Morgan fingerprint density at radius 1 is 1.21 bits per heavy atom. The van der Waals surface area contributed by atoms with Gasteiger partial charge in [-0.25, -0.2) is 0 Å². The lowest BCUT2D eigenvalue weighted by atomic mass is 9.89. The van der Waals surface area contributed by atoms with Crippen LogP contribution in [0.5, 0.6) is 0 Å². The van der Waals surface area contributed by atoms with Gasteiger partial charge in [-0.15, -0.1) is 0 Å². The van der Waals surface area contributed by atoms with Gasteiger partial charge in [-0.1, -0.05) is 0 Å². The van der Waals surface area contributed by atoms with Gasteiger partial charge in [0.1, 0.15) is 0 Å². The predicted octanol–water partition coefficient (Wildman–Crippen LogP) is 1.40. The van der Waals surface area contributed by atoms with Crippen LogP contribution < -0.4 is 0 Å². The van der Waals surface area contributed by atoms with Gasteiger partial charge in [-0.2, -0.15) is 0 Å². The lowest BCUT2D eigenvalue weighted by molar-refractivity contribution is 0.151. The summed E-state index contributed by atoms with van der Waals surface area (Å²) in [5, 5.41) is 0. The maximum absolute atomic E-state index is 12.1. The fourth-order valence-corrected chi connectivity index (χ4v) is 1.91. The molecule has 1 rings (SSSR count). The summed E-state index contributed by atoms with van der Waals surface area (Å²) in [4.78, 5) is 3.61. The molecule has 0 aromatic heterocycles. The van der Waals surface area contributed by atoms with Gasteiger partial charge in [0.25, 0.3) is 0 Å². The van der Waals surface area contributed by atoms with Crippen molar-refractivity contribution in [1.82, 2.24) is 9.80 Å². The Labute approximate surface area is 83.1 Å². The standard InChI is InChI=1S/C8H17BF3N2/c1-13(2)8-3-5-14(6-4-8)7-9(10,11)12/h8H,3-7H2,1-2H3/q-1. The fraction of sp³-hybridized carbons (Fsp3) is 1.00. The minimum atomic E-state index is -4.65. The molecule has 0 bridgehead atoms. The number of nitrogens with zero attached hydrogens (tertiary/aromatic N) is 2. The second-order valence-electron chi connectivity index (χ2n) is 4.21. The smallest absolute Gasteiger partial charge is 0.448 e. The SMILES string of the molecule is CN(C)C1CCN(C[B-](F)(F)F)CC1. The van der Waals surface area contributed by atoms with E-state index in [4.69, 9.17) is 0 Å². The molecule has 0 aromatic rings. The molecular formula is C8H17BF3N2-. The summed E-state index contributed by atoms with van der Waals surface area (Å²) >= 11 is 0. The highest BCUT2D eigenvalue weighted by Crippen LogP contribution is 2.17. The molecule has 6 heteroatoms. The van der Waals surface area contributed by atoms with E-state index in [0.29, 0.717) is 19.1 Å². The second-order valence-corrected chi connectivity index (χ2v) is 4.21. The number of likely N-dealkylation sites (tertiary alicyclic amines) is 1. The van der Waals surface area contributed by atoms with Crippen molar-refractivity contribution >= 4 is 6.98 Å². The van der Waals surface area contributed by atoms with Crippen LogP contribution in [0.15, 0.2) is 0 Å². The first-order chi connectivity index (χ1) is 6.38. The van der Waals surface area contributed by atoms with Crippen LogP contribution >= 0.6 is 0 Å². The summed E-state index contributed by atoms with van der Waals surface area (Å²) in [6.45, 7) is -3.50. The van der Waals surface area contributed by atoms with E-state index < -0.39 is 13.4 Å². The Bertz CT molecular complexity index is 176. The van der Waals surface area contributed by atoms with E-state index in [1.54, 1.807) is 0 Å². The van der Waals surface area contributed by atoms with Crippen LogP contribution in [0.25, 0.3) is 0 Å². The fourth-order valence-electron chi connectivity index (χ4n) is 1.91. The first-order valence-electron chi connectivity index (χ1n) is 4.98. The quantitative estimate of drug-likeness (QED) is 0.648. The molecule has 1 fully saturated rings. The average molecular weight is 209 g/mol. The highest BCUT2D eigenvalue weighted by atomic mass is 19.4. The Kier molecular flexibility index (Phi) is 3.83. The normalized spacial score (nSPS) is 21.9. The maximum Gasteiger partial charge on any atom is 0.492 e. The van der Waals surface area contributed by atoms with Crippen LogP contribution in [0.2, 0.25) is 0 Å². The summed E-state index contributed by atoms with van der Waals surface area (Å²) in [6.07, 6.45) is 0.998. The van der Waals surface area contributed by atoms with Crippen LogP contribution in [0, 0.1) is 0 Å². The molecule has 0 amide bonds. The molecule has 14 heavy (non-hydrogen) atoms. The number of hydrogen-bond donors (Lipinski definition) is 0. The van der Waals surface area contributed by atoms with Crippen molar-refractivity contribution in [2.75, 3.05) is 33.6 Å². The minimum Gasteiger partial charge on any atom is -0.448 e. The molecule has 0 saturated carbocycles. The maximum atomic E-state index is 12.1. The highest BCUT2D eigenvalue weighted by Gasteiger charge is 2.29. The third kappa shape index (κ3) is 3.88. The molecule has 1 heterocycles. The van der Waals surface area contributed by atoms with Crippen molar-refractivity contribution < 1.29 is 12.9 Å². The summed E-state index contributed by atoms with van der Waals surface area (Å²) in [5.41, 5.74) is 0. The zero-order valence-electron chi connectivity index (χ0n) is 8.72. The summed E-state index contributed by atoms with van der Waals surface area (Å²) < 4.78 is 36.3. The van der Waals surface area contributed by atoms with E-state index in [1.807, 2.05) is 14.1 Å². The molecule has 0 aromatic carbocycles. The van der Waals surface area contributed by atoms with E-state index in [-0.39, 0.29) is 0 Å². The zero-order valence-corrected chi connectivity index (χ0v) is 8.72. The van der Waals surface area contributed by atoms with Crippen molar-refractivity contribution in [3.05, 3.63) is 0 Å². The summed E-state index contributed by atoms with van der Waals surface area (Å²) in [6, 6.07) is 0.451. The Hall–Kier alpha value is -0.225. The largest absolute Gasteiger partial charge is 0.492 e. The van der Waals surface area contributed by atoms with Crippen LogP contribution in [0.1, 0.15) is 12.8 Å². The van der Waals surface area contributed by atoms with Gasteiger partial charge in [-0.05, 0) is 46.5 Å². The first kappa shape index (κ1) is 11.8. The zero-order chi connectivity index (χ0) is 10.8. The molecule has 0 aliphatic carbocycles. The van der Waals surface area contributed by atoms with Gasteiger partial charge in [0.2, 0.25) is 0 Å². The van der Waals surface area contributed by atoms with E-state index in [0.717, 1.165) is 12.8 Å². The van der Waals surface area contributed by atoms with Crippen LogP contribution in [0.3, 0.4) is 0 Å². The third-order valence-electron chi connectivity index (χ3n) is 2.75. The van der Waals surface area contributed by atoms with E-state index in [9.17, 15) is 12.9 Å².